The Morgan fingerprint density at radius 3 is 1.75 bits per heavy atom. The molecule has 0 aromatic heterocycles. The number of likely N-dealkylation sites (tertiary alicyclic amines) is 2. The van der Waals surface area contributed by atoms with Gasteiger partial charge in [0.25, 0.3) is 0 Å². The lowest BCUT2D eigenvalue weighted by Crippen LogP contribution is -2.51. The topological polar surface area (TPSA) is 40.6 Å². The summed E-state index contributed by atoms with van der Waals surface area (Å²) in [6.45, 7) is 21.7. The maximum absolute atomic E-state index is 11.1. The van der Waals surface area contributed by atoms with Gasteiger partial charge in [-0.15, -0.1) is 0 Å². The molecule has 0 radical (unpaired) electrons. The molecule has 2 rings (SSSR count). The molecule has 2 saturated heterocycles. The molecule has 0 N–H and O–H groups in total. The van der Waals surface area contributed by atoms with Gasteiger partial charge in [-0.2, -0.15) is 0 Å². The summed E-state index contributed by atoms with van der Waals surface area (Å²) in [6.07, 6.45) is 3.98. The summed E-state index contributed by atoms with van der Waals surface area (Å²) in [6, 6.07) is 0. The summed E-state index contributed by atoms with van der Waals surface area (Å²) < 4.78 is 0. The van der Waals surface area contributed by atoms with E-state index in [1.54, 1.807) is 0 Å². The Labute approximate surface area is 147 Å². The summed E-state index contributed by atoms with van der Waals surface area (Å²) in [5.74, 6) is 2.25. The zero-order valence-corrected chi connectivity index (χ0v) is 16.0. The van der Waals surface area contributed by atoms with Crippen LogP contribution in [0.15, 0.2) is 25.3 Å². The van der Waals surface area contributed by atoms with E-state index in [4.69, 9.17) is 0 Å². The zero-order valence-electron chi connectivity index (χ0n) is 16.0. The summed E-state index contributed by atoms with van der Waals surface area (Å²) in [4.78, 5) is 25.8. The summed E-state index contributed by atoms with van der Waals surface area (Å²) in [7, 11) is 0. The molecular formula is C20H34N2O2. The first-order chi connectivity index (χ1) is 11.1. The zero-order chi connectivity index (χ0) is 18.5. The molecule has 0 aliphatic carbocycles. The quantitative estimate of drug-likeness (QED) is 0.740. The average molecular weight is 335 g/mol. The molecule has 2 aliphatic rings. The second-order valence-corrected chi connectivity index (χ2v) is 8.53. The lowest BCUT2D eigenvalue weighted by Gasteiger charge is -2.41. The van der Waals surface area contributed by atoms with Gasteiger partial charge in [-0.1, -0.05) is 47.8 Å². The molecule has 24 heavy (non-hydrogen) atoms. The molecule has 2 heterocycles. The number of amides is 2. The van der Waals surface area contributed by atoms with E-state index in [0.29, 0.717) is 23.2 Å². The van der Waals surface area contributed by atoms with Crippen LogP contribution in [0.25, 0.3) is 0 Å². The van der Waals surface area contributed by atoms with Gasteiger partial charge < -0.3 is 9.80 Å². The van der Waals surface area contributed by atoms with Gasteiger partial charge in [-0.3, -0.25) is 9.59 Å². The van der Waals surface area contributed by atoms with Crippen molar-refractivity contribution in [2.24, 2.45) is 23.2 Å². The molecule has 136 valence electrons. The lowest BCUT2D eigenvalue weighted by atomic mass is 9.81. The molecule has 2 aliphatic heterocycles. The van der Waals surface area contributed by atoms with E-state index in [-0.39, 0.29) is 11.8 Å². The highest BCUT2D eigenvalue weighted by Gasteiger charge is 2.32. The molecule has 0 bridgehead atoms. The third-order valence-corrected chi connectivity index (χ3v) is 4.68. The predicted octanol–water partition coefficient (Wildman–Crippen LogP) is 3.35. The highest BCUT2D eigenvalue weighted by molar-refractivity contribution is 5.88. The molecule has 0 aromatic carbocycles. The molecule has 4 nitrogen and oxygen atoms in total. The van der Waals surface area contributed by atoms with Crippen molar-refractivity contribution < 1.29 is 9.59 Å². The Morgan fingerprint density at radius 1 is 1.00 bits per heavy atom. The van der Waals surface area contributed by atoms with Crippen molar-refractivity contribution in [3.05, 3.63) is 25.3 Å². The highest BCUT2D eigenvalue weighted by atomic mass is 16.2. The maximum atomic E-state index is 11.1. The fourth-order valence-corrected chi connectivity index (χ4v) is 3.12. The third kappa shape index (κ3) is 6.14. The smallest absolute Gasteiger partial charge is 0.245 e. The van der Waals surface area contributed by atoms with Crippen molar-refractivity contribution in [3.8, 4) is 0 Å². The highest BCUT2D eigenvalue weighted by Crippen LogP contribution is 2.30. The minimum atomic E-state index is 0.0712. The summed E-state index contributed by atoms with van der Waals surface area (Å²) >= 11 is 0. The van der Waals surface area contributed by atoms with Gasteiger partial charge in [0, 0.05) is 26.2 Å². The van der Waals surface area contributed by atoms with Gasteiger partial charge in [0.2, 0.25) is 11.8 Å². The third-order valence-electron chi connectivity index (χ3n) is 4.68. The molecule has 0 aromatic rings. The van der Waals surface area contributed by atoms with Crippen molar-refractivity contribution in [2.45, 2.75) is 41.0 Å². The van der Waals surface area contributed by atoms with Gasteiger partial charge in [-0.25, -0.2) is 0 Å². The SMILES string of the molecule is C=CC(=O)N1CC(C(C)C)C1.C=CC(=O)N1CC(CC(C)(C)C)C1. The first kappa shape index (κ1) is 20.5. The summed E-state index contributed by atoms with van der Waals surface area (Å²) in [5.41, 5.74) is 0.383. The van der Waals surface area contributed by atoms with Crippen LogP contribution in [0.5, 0.6) is 0 Å². The minimum Gasteiger partial charge on any atom is -0.338 e. The van der Waals surface area contributed by atoms with E-state index in [1.165, 1.54) is 18.6 Å². The van der Waals surface area contributed by atoms with E-state index in [1.807, 2.05) is 9.80 Å². The number of nitrogens with zero attached hydrogens (tertiary/aromatic N) is 2. The lowest BCUT2D eigenvalue weighted by molar-refractivity contribution is -0.133. The van der Waals surface area contributed by atoms with Crippen LogP contribution >= 0.6 is 0 Å². The van der Waals surface area contributed by atoms with Crippen LogP contribution in [-0.2, 0) is 9.59 Å². The van der Waals surface area contributed by atoms with Crippen LogP contribution < -0.4 is 0 Å². The largest absolute Gasteiger partial charge is 0.338 e. The number of carbonyl (C=O) groups is 2. The van der Waals surface area contributed by atoms with E-state index < -0.39 is 0 Å². The Hall–Kier alpha value is -1.58. The van der Waals surface area contributed by atoms with Crippen LogP contribution in [-0.4, -0.2) is 47.8 Å². The molecule has 0 atom stereocenters. The second kappa shape index (κ2) is 8.50. The normalized spacial score (nSPS) is 18.2. The number of hydrogen-bond donors (Lipinski definition) is 0. The Balaban J connectivity index is 0.000000243. The Kier molecular flexibility index (Phi) is 7.25. The van der Waals surface area contributed by atoms with Crippen molar-refractivity contribution in [3.63, 3.8) is 0 Å². The van der Waals surface area contributed by atoms with Crippen LogP contribution in [0.2, 0.25) is 0 Å². The van der Waals surface area contributed by atoms with Crippen molar-refractivity contribution in [2.75, 3.05) is 26.2 Å². The molecule has 4 heteroatoms. The first-order valence-electron chi connectivity index (χ1n) is 8.90. The Morgan fingerprint density at radius 2 is 1.42 bits per heavy atom. The fourth-order valence-electron chi connectivity index (χ4n) is 3.12. The van der Waals surface area contributed by atoms with Crippen LogP contribution in [0, 0.1) is 23.2 Å². The second-order valence-electron chi connectivity index (χ2n) is 8.53. The van der Waals surface area contributed by atoms with E-state index in [2.05, 4.69) is 47.8 Å². The van der Waals surface area contributed by atoms with Gasteiger partial charge in [-0.05, 0) is 41.7 Å². The van der Waals surface area contributed by atoms with E-state index >= 15 is 0 Å². The van der Waals surface area contributed by atoms with Crippen molar-refractivity contribution >= 4 is 11.8 Å². The number of rotatable bonds is 4. The molecule has 2 fully saturated rings. The van der Waals surface area contributed by atoms with Gasteiger partial charge in [0.1, 0.15) is 0 Å². The van der Waals surface area contributed by atoms with Crippen molar-refractivity contribution in [1.29, 1.82) is 0 Å². The van der Waals surface area contributed by atoms with E-state index in [9.17, 15) is 9.59 Å². The van der Waals surface area contributed by atoms with Gasteiger partial charge >= 0.3 is 0 Å². The molecule has 0 unspecified atom stereocenters. The first-order valence-corrected chi connectivity index (χ1v) is 8.90. The molecule has 2 amide bonds. The van der Waals surface area contributed by atoms with E-state index in [0.717, 1.165) is 26.2 Å². The van der Waals surface area contributed by atoms with Gasteiger partial charge in [0.15, 0.2) is 0 Å². The number of hydrogen-bond acceptors (Lipinski definition) is 2. The number of carbonyl (C=O) groups excluding carboxylic acids is 2. The minimum absolute atomic E-state index is 0.0712. The Bertz CT molecular complexity index is 465. The van der Waals surface area contributed by atoms with Crippen molar-refractivity contribution in [1.82, 2.24) is 9.80 Å². The van der Waals surface area contributed by atoms with Gasteiger partial charge in [0.05, 0.1) is 0 Å². The van der Waals surface area contributed by atoms with Crippen LogP contribution in [0.3, 0.4) is 0 Å². The van der Waals surface area contributed by atoms with Crippen LogP contribution in [0.4, 0.5) is 0 Å². The van der Waals surface area contributed by atoms with Crippen LogP contribution in [0.1, 0.15) is 41.0 Å². The standard InChI is InChI=1S/C11H19NO.C9H15NO/c1-5-10(13)12-7-9(8-12)6-11(2,3)4;1-4-9(11)10-5-8(6-10)7(2)3/h5,9H,1,6-8H2,2-4H3;4,7-8H,1,5-6H2,2-3H3. The maximum Gasteiger partial charge on any atom is 0.245 e. The average Bonchev–Trinajstić information content (AvgIpc) is 2.39. The summed E-state index contributed by atoms with van der Waals surface area (Å²) in [5, 5.41) is 0. The fraction of sp³-hybridized carbons (Fsp3) is 0.700. The molecular weight excluding hydrogens is 300 g/mol. The molecule has 0 saturated carbocycles. The molecule has 0 spiro atoms. The monoisotopic (exact) mass is 334 g/mol. The predicted molar refractivity (Wildman–Crippen MR) is 99.4 cm³/mol.